The largest absolute Gasteiger partial charge is 0.472 e. The van der Waals surface area contributed by atoms with Gasteiger partial charge in [0, 0.05) is 37.2 Å². The summed E-state index contributed by atoms with van der Waals surface area (Å²) in [6, 6.07) is 3.38. The predicted octanol–water partition coefficient (Wildman–Crippen LogP) is 1.62. The minimum absolute atomic E-state index is 0.0298. The summed E-state index contributed by atoms with van der Waals surface area (Å²) < 4.78 is 39.3. The fourth-order valence-electron chi connectivity index (χ4n) is 6.53. The molecule has 262 valence electrons. The third kappa shape index (κ3) is 8.11. The smallest absolute Gasteiger partial charge is 0.408 e. The van der Waals surface area contributed by atoms with Crippen molar-refractivity contribution in [2.24, 2.45) is 5.92 Å². The van der Waals surface area contributed by atoms with Gasteiger partial charge in [-0.3, -0.25) is 24.0 Å². The summed E-state index contributed by atoms with van der Waals surface area (Å²) in [5, 5.41) is 5.04. The molecule has 1 aromatic rings. The second-order valence-corrected chi connectivity index (χ2v) is 16.6. The molecule has 14 nitrogen and oxygen atoms in total. The molecule has 1 saturated heterocycles. The maximum atomic E-state index is 14.5. The lowest BCUT2D eigenvalue weighted by atomic mass is 10.1. The van der Waals surface area contributed by atoms with E-state index in [9.17, 15) is 27.6 Å². The number of aromatic nitrogens is 1. The number of fused-ring (bicyclic) bond motifs is 2. The number of carbonyl (C=O) groups excluding carboxylic acids is 4. The van der Waals surface area contributed by atoms with E-state index < -0.39 is 74.3 Å². The monoisotopic (exact) mass is 686 g/mol. The van der Waals surface area contributed by atoms with E-state index in [0.717, 1.165) is 19.3 Å². The summed E-state index contributed by atoms with van der Waals surface area (Å²) in [6.45, 7) is 6.16. The van der Waals surface area contributed by atoms with Gasteiger partial charge in [-0.05, 0) is 78.3 Å². The number of pyridine rings is 1. The minimum atomic E-state index is -3.86. The van der Waals surface area contributed by atoms with Gasteiger partial charge in [0.2, 0.25) is 27.7 Å². The maximum absolute atomic E-state index is 14.5. The van der Waals surface area contributed by atoms with E-state index in [1.807, 2.05) is 12.2 Å². The highest BCUT2D eigenvalue weighted by Crippen LogP contribution is 2.46. The van der Waals surface area contributed by atoms with Crippen LogP contribution in [0.2, 0.25) is 0 Å². The summed E-state index contributed by atoms with van der Waals surface area (Å²) in [5.41, 5.74) is -2.27. The van der Waals surface area contributed by atoms with Crippen molar-refractivity contribution in [3.05, 3.63) is 36.5 Å². The zero-order chi connectivity index (χ0) is 34.3. The number of alkyl carbamates (subject to hydrolysis) is 1. The fraction of sp³-hybridized carbons (Fsp3) is 0.667. The molecular formula is C33H46N6O8S. The third-order valence-electron chi connectivity index (χ3n) is 9.39. The lowest BCUT2D eigenvalue weighted by Crippen LogP contribution is -2.60. The average Bonchev–Trinajstić information content (AvgIpc) is 3.89. The van der Waals surface area contributed by atoms with Crippen molar-refractivity contribution >= 4 is 33.8 Å². The Kier molecular flexibility index (Phi) is 9.46. The molecule has 4 amide bonds. The van der Waals surface area contributed by atoms with Gasteiger partial charge in [-0.2, -0.15) is 0 Å². The van der Waals surface area contributed by atoms with E-state index in [0.29, 0.717) is 31.7 Å². The summed E-state index contributed by atoms with van der Waals surface area (Å²) in [4.78, 5) is 63.1. The first-order chi connectivity index (χ1) is 22.7. The van der Waals surface area contributed by atoms with Gasteiger partial charge in [0.25, 0.3) is 5.91 Å². The van der Waals surface area contributed by atoms with Crippen LogP contribution in [0.25, 0.3) is 0 Å². The number of hydrogen-bond donors (Lipinski definition) is 3. The molecule has 5 aliphatic rings. The molecule has 0 bridgehead atoms. The molecule has 4 fully saturated rings. The molecule has 1 aromatic heterocycles. The van der Waals surface area contributed by atoms with Crippen LogP contribution in [0, 0.1) is 5.92 Å². The highest BCUT2D eigenvalue weighted by atomic mass is 32.2. The normalized spacial score (nSPS) is 30.2. The molecule has 3 heterocycles. The van der Waals surface area contributed by atoms with Crippen LogP contribution in [0.3, 0.4) is 0 Å². The van der Waals surface area contributed by atoms with Gasteiger partial charge < -0.3 is 25.0 Å². The highest BCUT2D eigenvalue weighted by Gasteiger charge is 2.62. The lowest BCUT2D eigenvalue weighted by Gasteiger charge is -2.33. The summed E-state index contributed by atoms with van der Waals surface area (Å²) in [6.07, 6.45) is 8.78. The number of carbonyl (C=O) groups is 4. The third-order valence-corrected chi connectivity index (χ3v) is 11.2. The number of ether oxygens (including phenoxy) is 2. The Morgan fingerprint density at radius 3 is 2.54 bits per heavy atom. The van der Waals surface area contributed by atoms with Gasteiger partial charge in [0.15, 0.2) is 0 Å². The summed E-state index contributed by atoms with van der Waals surface area (Å²) in [5.74, 6) is -1.93. The maximum Gasteiger partial charge on any atom is 0.408 e. The van der Waals surface area contributed by atoms with Crippen molar-refractivity contribution in [1.82, 2.24) is 30.1 Å². The Balaban J connectivity index is 1.31. The number of nitrogens with one attached hydrogen (secondary N) is 3. The Hall–Kier alpha value is -3.72. The van der Waals surface area contributed by atoms with Crippen molar-refractivity contribution in [3.63, 3.8) is 0 Å². The Labute approximate surface area is 281 Å². The van der Waals surface area contributed by atoms with Crippen LogP contribution in [0.15, 0.2) is 36.5 Å². The second-order valence-electron chi connectivity index (χ2n) is 14.6. The SMILES string of the molecule is CC(C)(C)OC(=O)N[C@H]1CN(C2CC2)CCCC=CC2C[C@@]2(C(=O)NS(=O)(=O)C2CC2)NC(=O)[C@@H]2C[C@@H](Oc3ccccn3)CN2C1=O. The number of nitrogens with zero attached hydrogens (tertiary/aromatic N) is 3. The first kappa shape index (κ1) is 34.2. The summed E-state index contributed by atoms with van der Waals surface area (Å²) in [7, 11) is -3.86. The van der Waals surface area contributed by atoms with Gasteiger partial charge in [-0.1, -0.05) is 18.2 Å². The predicted molar refractivity (Wildman–Crippen MR) is 174 cm³/mol. The zero-order valence-electron chi connectivity index (χ0n) is 27.7. The van der Waals surface area contributed by atoms with Crippen LogP contribution >= 0.6 is 0 Å². The fourth-order valence-corrected chi connectivity index (χ4v) is 7.90. The Bertz CT molecular complexity index is 1540. The molecule has 3 N–H and O–H groups in total. The molecule has 0 aromatic carbocycles. The quantitative estimate of drug-likeness (QED) is 0.358. The van der Waals surface area contributed by atoms with Gasteiger partial charge in [0.1, 0.15) is 29.3 Å². The lowest BCUT2D eigenvalue weighted by molar-refractivity contribution is -0.141. The van der Waals surface area contributed by atoms with Crippen LogP contribution in [0.1, 0.15) is 72.1 Å². The molecule has 48 heavy (non-hydrogen) atoms. The number of sulfonamides is 1. The van der Waals surface area contributed by atoms with Crippen LogP contribution in [-0.2, 0) is 29.1 Å². The van der Waals surface area contributed by atoms with Crippen LogP contribution < -0.4 is 20.1 Å². The molecular weight excluding hydrogens is 640 g/mol. The number of allylic oxidation sites excluding steroid dienone is 1. The molecule has 0 radical (unpaired) electrons. The number of rotatable bonds is 7. The van der Waals surface area contributed by atoms with Crippen molar-refractivity contribution in [1.29, 1.82) is 0 Å². The standard InChI is InChI=1S/C33H46N6O8S/c1-32(2,3)47-31(43)35-25-20-38(22-11-12-22)16-8-4-5-9-21-18-33(21,30(42)37-48(44,45)24-13-14-24)36-28(40)26-17-23(19-39(26)29(25)41)46-27-10-6-7-15-34-27/h5-7,9-10,15,21-26H,4,8,11-14,16-20H2,1-3H3,(H,35,43)(H,36,40)(H,37,42)/t21?,23-,25+,26+,33-/m1/s1. The Morgan fingerprint density at radius 1 is 1.10 bits per heavy atom. The minimum Gasteiger partial charge on any atom is -0.472 e. The van der Waals surface area contributed by atoms with Crippen molar-refractivity contribution in [2.75, 3.05) is 19.6 Å². The van der Waals surface area contributed by atoms with Crippen molar-refractivity contribution in [2.45, 2.75) is 113 Å². The molecule has 6 rings (SSSR count). The van der Waals surface area contributed by atoms with Gasteiger partial charge in [-0.15, -0.1) is 0 Å². The Morgan fingerprint density at radius 2 is 1.88 bits per heavy atom. The topological polar surface area (TPSA) is 176 Å². The van der Waals surface area contributed by atoms with Gasteiger partial charge >= 0.3 is 6.09 Å². The summed E-state index contributed by atoms with van der Waals surface area (Å²) >= 11 is 0. The first-order valence-electron chi connectivity index (χ1n) is 16.9. The van der Waals surface area contributed by atoms with Crippen LogP contribution in [0.4, 0.5) is 4.79 Å². The van der Waals surface area contributed by atoms with E-state index in [1.54, 1.807) is 45.2 Å². The molecule has 0 spiro atoms. The van der Waals surface area contributed by atoms with E-state index in [1.165, 1.54) is 4.90 Å². The zero-order valence-corrected chi connectivity index (χ0v) is 28.5. The van der Waals surface area contributed by atoms with Crippen LogP contribution in [0.5, 0.6) is 5.88 Å². The van der Waals surface area contributed by atoms with E-state index in [2.05, 4.69) is 25.2 Å². The molecule has 3 saturated carbocycles. The van der Waals surface area contributed by atoms with Crippen LogP contribution in [-0.4, -0.2) is 107 Å². The number of amides is 4. The average molecular weight is 687 g/mol. The molecule has 1 unspecified atom stereocenters. The molecule has 15 heteroatoms. The van der Waals surface area contributed by atoms with Gasteiger partial charge in [-0.25, -0.2) is 18.2 Å². The molecule has 3 aliphatic carbocycles. The number of hydrogen-bond acceptors (Lipinski definition) is 10. The van der Waals surface area contributed by atoms with Gasteiger partial charge in [0.05, 0.1) is 11.8 Å². The van der Waals surface area contributed by atoms with E-state index >= 15 is 0 Å². The highest BCUT2D eigenvalue weighted by molar-refractivity contribution is 7.91. The molecule has 5 atom stereocenters. The van der Waals surface area contributed by atoms with E-state index in [-0.39, 0.29) is 32.0 Å². The van der Waals surface area contributed by atoms with Crippen molar-refractivity contribution < 1.29 is 37.1 Å². The van der Waals surface area contributed by atoms with E-state index in [4.69, 9.17) is 9.47 Å². The molecule has 2 aliphatic heterocycles. The van der Waals surface area contributed by atoms with Crippen molar-refractivity contribution in [3.8, 4) is 5.88 Å². The first-order valence-corrected chi connectivity index (χ1v) is 18.5. The second kappa shape index (κ2) is 13.3.